The quantitative estimate of drug-likeness (QED) is 0.538. The number of alkyl halides is 4. The molecule has 0 radical (unpaired) electrons. The second-order valence-corrected chi connectivity index (χ2v) is 8.45. The van der Waals surface area contributed by atoms with E-state index in [2.05, 4.69) is 19.9 Å². The molecule has 1 fully saturated rings. The number of hydrogen-bond acceptors (Lipinski definition) is 7. The zero-order chi connectivity index (χ0) is 24.6. The number of halogens is 4. The first-order chi connectivity index (χ1) is 16.1. The maximum Gasteiger partial charge on any atom is 0.408 e. The van der Waals surface area contributed by atoms with Crippen molar-refractivity contribution in [1.82, 2.24) is 24.5 Å². The van der Waals surface area contributed by atoms with Crippen LogP contribution in [0.15, 0.2) is 24.5 Å². The van der Waals surface area contributed by atoms with Crippen LogP contribution in [0.4, 0.5) is 23.5 Å². The lowest BCUT2D eigenvalue weighted by Gasteiger charge is -2.33. The smallest absolute Gasteiger partial charge is 0.385 e. The summed E-state index contributed by atoms with van der Waals surface area (Å²) in [7, 11) is 1.49. The molecule has 4 heterocycles. The van der Waals surface area contributed by atoms with Gasteiger partial charge in [0, 0.05) is 32.0 Å². The molecule has 4 rings (SSSR count). The third-order valence-electron chi connectivity index (χ3n) is 6.02. The molecule has 0 bridgehead atoms. The lowest BCUT2D eigenvalue weighted by Crippen LogP contribution is -2.46. The molecule has 0 amide bonds. The van der Waals surface area contributed by atoms with Gasteiger partial charge in [-0.3, -0.25) is 4.98 Å². The van der Waals surface area contributed by atoms with E-state index in [1.54, 1.807) is 17.2 Å². The Morgan fingerprint density at radius 1 is 1.21 bits per heavy atom. The van der Waals surface area contributed by atoms with Crippen LogP contribution < -0.4 is 4.90 Å². The summed E-state index contributed by atoms with van der Waals surface area (Å²) in [5.74, 6) is 0.297. The van der Waals surface area contributed by atoms with Gasteiger partial charge in [0.2, 0.25) is 5.95 Å². The van der Waals surface area contributed by atoms with E-state index in [-0.39, 0.29) is 29.8 Å². The van der Waals surface area contributed by atoms with Crippen LogP contribution in [0.2, 0.25) is 0 Å². The number of aliphatic hydroxyl groups is 1. The van der Waals surface area contributed by atoms with Gasteiger partial charge in [-0.25, -0.2) is 19.3 Å². The van der Waals surface area contributed by atoms with Crippen molar-refractivity contribution in [2.24, 2.45) is 0 Å². The maximum absolute atomic E-state index is 14.3. The second-order valence-electron chi connectivity index (χ2n) is 8.45. The van der Waals surface area contributed by atoms with Crippen molar-refractivity contribution in [2.75, 3.05) is 25.1 Å². The number of ether oxygens (including phenoxy) is 1. The molecular weight excluding hydrogens is 456 g/mol. The van der Waals surface area contributed by atoms with E-state index >= 15 is 0 Å². The van der Waals surface area contributed by atoms with Crippen LogP contribution in [0.5, 0.6) is 0 Å². The lowest BCUT2D eigenvalue weighted by atomic mass is 10.1. The monoisotopic (exact) mass is 482 g/mol. The van der Waals surface area contributed by atoms with Crippen molar-refractivity contribution < 1.29 is 27.4 Å². The fourth-order valence-corrected chi connectivity index (χ4v) is 4.16. The molecule has 1 aliphatic heterocycles. The summed E-state index contributed by atoms with van der Waals surface area (Å²) >= 11 is 0. The number of aliphatic hydroxyl groups excluding tert-OH is 1. The Labute approximate surface area is 193 Å². The highest BCUT2D eigenvalue weighted by Crippen LogP contribution is 2.35. The van der Waals surface area contributed by atoms with Gasteiger partial charge in [-0.1, -0.05) is 0 Å². The fraction of sp³-hybridized carbons (Fsp3) is 0.545. The Kier molecular flexibility index (Phi) is 6.72. The number of methoxy groups -OCH3 is 1. The van der Waals surface area contributed by atoms with E-state index in [0.717, 1.165) is 11.5 Å². The Morgan fingerprint density at radius 3 is 2.62 bits per heavy atom. The van der Waals surface area contributed by atoms with Gasteiger partial charge in [-0.05, 0) is 32.4 Å². The molecule has 3 aromatic rings. The second kappa shape index (κ2) is 9.41. The molecule has 1 aliphatic rings. The van der Waals surface area contributed by atoms with E-state index in [1.807, 2.05) is 0 Å². The molecule has 0 unspecified atom stereocenters. The number of aromatic nitrogens is 5. The first-order valence-corrected chi connectivity index (χ1v) is 10.9. The molecule has 184 valence electrons. The van der Waals surface area contributed by atoms with Crippen molar-refractivity contribution in [3.63, 3.8) is 0 Å². The summed E-state index contributed by atoms with van der Waals surface area (Å²) in [5.41, 5.74) is 1.55. The Balaban J connectivity index is 1.62. The van der Waals surface area contributed by atoms with Gasteiger partial charge in [-0.2, -0.15) is 13.2 Å². The highest BCUT2D eigenvalue weighted by Gasteiger charge is 2.40. The highest BCUT2D eigenvalue weighted by atomic mass is 19.4. The Hall–Kier alpha value is -2.86. The van der Waals surface area contributed by atoms with Crippen molar-refractivity contribution in [3.05, 3.63) is 41.7 Å². The third-order valence-corrected chi connectivity index (χ3v) is 6.02. The normalized spacial score (nSPS) is 21.1. The molecule has 3 aromatic heterocycles. The SMILES string of the molecule is CO[C@@H]1CCN(c2nccc(Cc3cc4c(cn3)nc([C@@H](C)O)n4[C@@H](C)C(F)(F)F)n2)C[C@@H]1F. The summed E-state index contributed by atoms with van der Waals surface area (Å²) < 4.78 is 61.0. The topological polar surface area (TPSA) is 89.2 Å². The average molecular weight is 482 g/mol. The molecule has 0 aliphatic carbocycles. The van der Waals surface area contributed by atoms with Crippen molar-refractivity contribution in [2.45, 2.75) is 57.3 Å². The van der Waals surface area contributed by atoms with E-state index < -0.39 is 30.6 Å². The number of hydrogen-bond donors (Lipinski definition) is 1. The van der Waals surface area contributed by atoms with E-state index in [4.69, 9.17) is 4.74 Å². The fourth-order valence-electron chi connectivity index (χ4n) is 4.16. The van der Waals surface area contributed by atoms with Crippen LogP contribution in [0.25, 0.3) is 11.0 Å². The third kappa shape index (κ3) is 4.83. The van der Waals surface area contributed by atoms with Crippen LogP contribution in [0, 0.1) is 0 Å². The van der Waals surface area contributed by atoms with Gasteiger partial charge in [0.05, 0.1) is 30.1 Å². The standard InChI is InChI=1S/C22H26F4N6O2/c1-12(33)20-30-17-10-28-15(9-18(17)32(20)13(2)22(24,25)26)8-14-4-6-27-21(29-14)31-7-5-19(34-3)16(23)11-31/h4,6,9-10,12-13,16,19,33H,5,7-8,11H2,1-3H3/t12-,13+,16+,19-/m1/s1. The minimum absolute atomic E-state index is 0.0802. The summed E-state index contributed by atoms with van der Waals surface area (Å²) in [5, 5.41) is 10.0. The minimum Gasteiger partial charge on any atom is -0.385 e. The molecule has 4 atom stereocenters. The zero-order valence-corrected chi connectivity index (χ0v) is 19.0. The number of imidazole rings is 1. The van der Waals surface area contributed by atoms with Crippen LogP contribution in [-0.2, 0) is 11.2 Å². The number of pyridine rings is 1. The first kappa shape index (κ1) is 24.3. The molecule has 8 nitrogen and oxygen atoms in total. The van der Waals surface area contributed by atoms with Gasteiger partial charge in [-0.15, -0.1) is 0 Å². The van der Waals surface area contributed by atoms with Crippen LogP contribution in [-0.4, -0.2) is 68.3 Å². The average Bonchev–Trinajstić information content (AvgIpc) is 3.17. The van der Waals surface area contributed by atoms with Crippen molar-refractivity contribution >= 4 is 17.0 Å². The molecule has 34 heavy (non-hydrogen) atoms. The summed E-state index contributed by atoms with van der Waals surface area (Å²) in [4.78, 5) is 19.0. The molecule has 0 saturated carbocycles. The molecule has 0 spiro atoms. The number of anilines is 1. The van der Waals surface area contributed by atoms with Gasteiger partial charge >= 0.3 is 6.18 Å². The first-order valence-electron chi connectivity index (χ1n) is 10.9. The Morgan fingerprint density at radius 2 is 1.97 bits per heavy atom. The van der Waals surface area contributed by atoms with Gasteiger partial charge in [0.25, 0.3) is 0 Å². The van der Waals surface area contributed by atoms with Gasteiger partial charge < -0.3 is 19.3 Å². The number of fused-ring (bicyclic) bond motifs is 1. The predicted molar refractivity (Wildman–Crippen MR) is 116 cm³/mol. The Bertz CT molecular complexity index is 1150. The summed E-state index contributed by atoms with van der Waals surface area (Å²) in [6.07, 6.45) is -3.63. The maximum atomic E-state index is 14.3. The summed E-state index contributed by atoms with van der Waals surface area (Å²) in [6.45, 7) is 3.05. The predicted octanol–water partition coefficient (Wildman–Crippen LogP) is 3.55. The molecule has 1 N–H and O–H groups in total. The van der Waals surface area contributed by atoms with Crippen LogP contribution in [0.1, 0.15) is 49.6 Å². The summed E-state index contributed by atoms with van der Waals surface area (Å²) in [6, 6.07) is 1.33. The van der Waals surface area contributed by atoms with Crippen LogP contribution >= 0.6 is 0 Å². The zero-order valence-electron chi connectivity index (χ0n) is 19.0. The minimum atomic E-state index is -4.52. The lowest BCUT2D eigenvalue weighted by molar-refractivity contribution is -0.163. The highest BCUT2D eigenvalue weighted by molar-refractivity contribution is 5.76. The van der Waals surface area contributed by atoms with E-state index in [1.165, 1.54) is 26.3 Å². The van der Waals surface area contributed by atoms with E-state index in [0.29, 0.717) is 30.3 Å². The van der Waals surface area contributed by atoms with Crippen LogP contribution in [0.3, 0.4) is 0 Å². The van der Waals surface area contributed by atoms with E-state index in [9.17, 15) is 22.7 Å². The van der Waals surface area contributed by atoms with Gasteiger partial charge in [0.15, 0.2) is 0 Å². The number of rotatable bonds is 6. The molecule has 0 aromatic carbocycles. The molecular formula is C22H26F4N6O2. The number of nitrogens with zero attached hydrogens (tertiary/aromatic N) is 6. The largest absolute Gasteiger partial charge is 0.408 e. The molecule has 1 saturated heterocycles. The number of piperidine rings is 1. The van der Waals surface area contributed by atoms with Crippen molar-refractivity contribution in [1.29, 1.82) is 0 Å². The van der Waals surface area contributed by atoms with Gasteiger partial charge in [0.1, 0.15) is 29.7 Å². The molecule has 12 heteroatoms. The van der Waals surface area contributed by atoms with Crippen molar-refractivity contribution in [3.8, 4) is 0 Å².